The minimum absolute atomic E-state index is 0.00977. The van der Waals surface area contributed by atoms with E-state index in [-0.39, 0.29) is 11.9 Å². The number of nitrogens with zero attached hydrogens (tertiary/aromatic N) is 1. The van der Waals surface area contributed by atoms with Gasteiger partial charge >= 0.3 is 0 Å². The molecule has 4 nitrogen and oxygen atoms in total. The second kappa shape index (κ2) is 8.21. The molecule has 0 atom stereocenters. The Bertz CT molecular complexity index is 787. The van der Waals surface area contributed by atoms with Crippen molar-refractivity contribution in [3.63, 3.8) is 0 Å². The predicted octanol–water partition coefficient (Wildman–Crippen LogP) is 3.77. The molecule has 0 aromatic heterocycles. The SMILES string of the molecule is O=S(=O)(C[CH]c1ccccc1)N1CCC(Oc2ccccc2Cl)CC1. The van der Waals surface area contributed by atoms with Crippen LogP contribution >= 0.6 is 11.6 Å². The van der Waals surface area contributed by atoms with Gasteiger partial charge in [-0.1, -0.05) is 54.1 Å². The fourth-order valence-corrected chi connectivity index (χ4v) is 4.41. The molecule has 1 heterocycles. The van der Waals surface area contributed by atoms with Crippen molar-refractivity contribution in [1.29, 1.82) is 0 Å². The summed E-state index contributed by atoms with van der Waals surface area (Å²) in [5.41, 5.74) is 0.919. The molecule has 0 spiro atoms. The summed E-state index contributed by atoms with van der Waals surface area (Å²) in [5.74, 6) is 0.676. The van der Waals surface area contributed by atoms with Crippen molar-refractivity contribution < 1.29 is 13.2 Å². The summed E-state index contributed by atoms with van der Waals surface area (Å²) >= 11 is 6.11. The summed E-state index contributed by atoms with van der Waals surface area (Å²) < 4.78 is 32.5. The molecule has 1 aliphatic heterocycles. The molecular weight excluding hydrogens is 358 g/mol. The van der Waals surface area contributed by atoms with Crippen LogP contribution in [-0.4, -0.2) is 37.7 Å². The van der Waals surface area contributed by atoms with Gasteiger partial charge in [0.1, 0.15) is 11.9 Å². The lowest BCUT2D eigenvalue weighted by atomic mass is 10.1. The molecule has 1 fully saturated rings. The molecule has 25 heavy (non-hydrogen) atoms. The van der Waals surface area contributed by atoms with Gasteiger partial charge in [0.25, 0.3) is 0 Å². The molecule has 3 rings (SSSR count). The predicted molar refractivity (Wildman–Crippen MR) is 100 cm³/mol. The van der Waals surface area contributed by atoms with Crippen LogP contribution in [0.1, 0.15) is 18.4 Å². The maximum atomic E-state index is 12.5. The Labute approximate surface area is 154 Å². The van der Waals surface area contributed by atoms with E-state index < -0.39 is 10.0 Å². The van der Waals surface area contributed by atoms with Crippen LogP contribution < -0.4 is 4.74 Å². The quantitative estimate of drug-likeness (QED) is 0.768. The van der Waals surface area contributed by atoms with Crippen LogP contribution in [0.2, 0.25) is 5.02 Å². The molecular formula is C19H21ClNO3S. The van der Waals surface area contributed by atoms with Gasteiger partial charge in [-0.05, 0) is 30.5 Å². The maximum Gasteiger partial charge on any atom is 0.214 e. The standard InChI is InChI=1S/C19H21ClNO3S/c20-18-8-4-5-9-19(18)24-17-10-13-21(14-11-17)25(22,23)15-12-16-6-2-1-3-7-16/h1-9,12,17H,10-11,13-15H2. The zero-order chi connectivity index (χ0) is 17.7. The Kier molecular flexibility index (Phi) is 5.99. The first-order valence-corrected chi connectivity index (χ1v) is 10.3. The summed E-state index contributed by atoms with van der Waals surface area (Å²) in [5, 5.41) is 0.579. The van der Waals surface area contributed by atoms with Gasteiger partial charge in [-0.2, -0.15) is 0 Å². The van der Waals surface area contributed by atoms with Crippen molar-refractivity contribution in [2.45, 2.75) is 18.9 Å². The molecule has 0 N–H and O–H groups in total. The number of benzene rings is 2. The number of rotatable bonds is 6. The van der Waals surface area contributed by atoms with E-state index in [2.05, 4.69) is 0 Å². The second-order valence-corrected chi connectivity index (χ2v) is 8.46. The smallest absolute Gasteiger partial charge is 0.214 e. The summed E-state index contributed by atoms with van der Waals surface area (Å²) in [6, 6.07) is 16.9. The van der Waals surface area contributed by atoms with Crippen LogP contribution in [0.4, 0.5) is 0 Å². The molecule has 0 aliphatic carbocycles. The third-order valence-corrected chi connectivity index (χ3v) is 6.31. The van der Waals surface area contributed by atoms with Crippen LogP contribution in [0, 0.1) is 6.42 Å². The number of halogens is 1. The van der Waals surface area contributed by atoms with E-state index in [9.17, 15) is 8.42 Å². The van der Waals surface area contributed by atoms with Gasteiger partial charge in [0.05, 0.1) is 10.8 Å². The van der Waals surface area contributed by atoms with Crippen LogP contribution in [0.5, 0.6) is 5.75 Å². The normalized spacial score (nSPS) is 16.7. The van der Waals surface area contributed by atoms with Crippen LogP contribution in [-0.2, 0) is 10.0 Å². The van der Waals surface area contributed by atoms with Crippen molar-refractivity contribution in [3.8, 4) is 5.75 Å². The number of para-hydroxylation sites is 1. The molecule has 2 aromatic carbocycles. The van der Waals surface area contributed by atoms with Gasteiger partial charge in [0.2, 0.25) is 10.0 Å². The molecule has 133 valence electrons. The highest BCUT2D eigenvalue weighted by Crippen LogP contribution is 2.27. The van der Waals surface area contributed by atoms with Gasteiger partial charge in [0.15, 0.2) is 0 Å². The van der Waals surface area contributed by atoms with E-state index in [0.29, 0.717) is 36.7 Å². The number of hydrogen-bond donors (Lipinski definition) is 0. The van der Waals surface area contributed by atoms with Gasteiger partial charge < -0.3 is 4.74 Å². The van der Waals surface area contributed by atoms with Crippen LogP contribution in [0.3, 0.4) is 0 Å². The van der Waals surface area contributed by atoms with Crippen molar-refractivity contribution in [2.24, 2.45) is 0 Å². The Morgan fingerprint density at radius 3 is 2.36 bits per heavy atom. The topological polar surface area (TPSA) is 46.6 Å². The zero-order valence-corrected chi connectivity index (χ0v) is 15.4. The molecule has 0 unspecified atom stereocenters. The minimum atomic E-state index is -3.29. The first-order chi connectivity index (χ1) is 12.0. The first-order valence-electron chi connectivity index (χ1n) is 8.32. The molecule has 0 bridgehead atoms. The maximum absolute atomic E-state index is 12.5. The van der Waals surface area contributed by atoms with E-state index in [1.165, 1.54) is 0 Å². The van der Waals surface area contributed by atoms with E-state index in [0.717, 1.165) is 5.56 Å². The van der Waals surface area contributed by atoms with Gasteiger partial charge in [-0.25, -0.2) is 12.7 Å². The zero-order valence-electron chi connectivity index (χ0n) is 13.8. The Balaban J connectivity index is 1.52. The summed E-state index contributed by atoms with van der Waals surface area (Å²) in [6.07, 6.45) is 3.07. The van der Waals surface area contributed by atoms with Crippen LogP contribution in [0.15, 0.2) is 54.6 Å². The van der Waals surface area contributed by atoms with Gasteiger partial charge in [-0.3, -0.25) is 0 Å². The molecule has 1 radical (unpaired) electrons. The number of hydrogen-bond acceptors (Lipinski definition) is 3. The Hall–Kier alpha value is -1.56. The third kappa shape index (κ3) is 4.97. The van der Waals surface area contributed by atoms with Gasteiger partial charge in [0, 0.05) is 19.5 Å². The molecule has 6 heteroatoms. The number of sulfonamides is 1. The van der Waals surface area contributed by atoms with Crippen molar-refractivity contribution in [2.75, 3.05) is 18.8 Å². The average Bonchev–Trinajstić information content (AvgIpc) is 2.63. The lowest BCUT2D eigenvalue weighted by Gasteiger charge is -2.31. The lowest BCUT2D eigenvalue weighted by molar-refractivity contribution is 0.135. The highest BCUT2D eigenvalue weighted by atomic mass is 35.5. The van der Waals surface area contributed by atoms with Crippen LogP contribution in [0.25, 0.3) is 0 Å². The molecule has 1 saturated heterocycles. The van der Waals surface area contributed by atoms with Crippen molar-refractivity contribution in [1.82, 2.24) is 4.31 Å². The highest BCUT2D eigenvalue weighted by Gasteiger charge is 2.28. The van der Waals surface area contributed by atoms with E-state index in [1.807, 2.05) is 48.5 Å². The molecule has 0 saturated carbocycles. The largest absolute Gasteiger partial charge is 0.489 e. The van der Waals surface area contributed by atoms with E-state index in [4.69, 9.17) is 16.3 Å². The third-order valence-electron chi connectivity index (χ3n) is 4.25. The highest BCUT2D eigenvalue weighted by molar-refractivity contribution is 7.89. The van der Waals surface area contributed by atoms with E-state index in [1.54, 1.807) is 16.8 Å². The van der Waals surface area contributed by atoms with Crippen molar-refractivity contribution in [3.05, 3.63) is 71.6 Å². The second-order valence-electron chi connectivity index (χ2n) is 6.04. The fourth-order valence-electron chi connectivity index (χ4n) is 2.84. The Morgan fingerprint density at radius 2 is 1.68 bits per heavy atom. The fraction of sp³-hybridized carbons (Fsp3) is 0.316. The number of piperidine rings is 1. The lowest BCUT2D eigenvalue weighted by Crippen LogP contribution is -2.42. The minimum Gasteiger partial charge on any atom is -0.489 e. The first kappa shape index (κ1) is 18.2. The molecule has 1 aliphatic rings. The monoisotopic (exact) mass is 378 g/mol. The summed E-state index contributed by atoms with van der Waals surface area (Å²) in [4.78, 5) is 0. The summed E-state index contributed by atoms with van der Waals surface area (Å²) in [7, 11) is -3.29. The molecule has 2 aromatic rings. The van der Waals surface area contributed by atoms with Gasteiger partial charge in [-0.15, -0.1) is 0 Å². The number of ether oxygens (including phenoxy) is 1. The van der Waals surface area contributed by atoms with E-state index >= 15 is 0 Å². The Morgan fingerprint density at radius 1 is 1.04 bits per heavy atom. The summed E-state index contributed by atoms with van der Waals surface area (Å²) in [6.45, 7) is 0.945. The average molecular weight is 379 g/mol. The van der Waals surface area contributed by atoms with Crippen molar-refractivity contribution >= 4 is 21.6 Å². The molecule has 0 amide bonds.